The summed E-state index contributed by atoms with van der Waals surface area (Å²) in [6.45, 7) is 11.0. The average Bonchev–Trinajstić information content (AvgIpc) is 2.44. The first-order valence-electron chi connectivity index (χ1n) is 8.67. The maximum absolute atomic E-state index is 12.2. The van der Waals surface area contributed by atoms with E-state index in [9.17, 15) is 4.79 Å². The van der Waals surface area contributed by atoms with E-state index in [4.69, 9.17) is 5.26 Å². The predicted octanol–water partition coefficient (Wildman–Crippen LogP) is 5.98. The van der Waals surface area contributed by atoms with Crippen molar-refractivity contribution in [2.45, 2.75) is 98.8 Å². The van der Waals surface area contributed by atoms with Crippen LogP contribution in [0.1, 0.15) is 98.8 Å². The Labute approximate surface area is 131 Å². The number of carbonyl (C=O) groups is 1. The van der Waals surface area contributed by atoms with Crippen molar-refractivity contribution in [3.8, 4) is 0 Å². The SMILES string of the molecule is CCCCC(CCCC)(CCCCC(C)(C)C)C(=O)OO. The molecule has 0 atom stereocenters. The summed E-state index contributed by atoms with van der Waals surface area (Å²) in [6.07, 6.45) is 9.97. The molecular formula is C18H36O3. The standard InChI is InChI=1S/C18H36O3/c1-6-8-13-18(14-9-7-2,16(19)21-20)15-11-10-12-17(3,4)5/h20H,6-15H2,1-5H3. The summed E-state index contributed by atoms with van der Waals surface area (Å²) in [4.78, 5) is 16.3. The van der Waals surface area contributed by atoms with Crippen LogP contribution in [0.5, 0.6) is 0 Å². The van der Waals surface area contributed by atoms with Crippen LogP contribution in [0.3, 0.4) is 0 Å². The molecule has 0 rings (SSSR count). The van der Waals surface area contributed by atoms with Gasteiger partial charge in [-0.3, -0.25) is 0 Å². The highest BCUT2D eigenvalue weighted by molar-refractivity contribution is 5.76. The number of unbranched alkanes of at least 4 members (excludes halogenated alkanes) is 3. The zero-order valence-corrected chi connectivity index (χ0v) is 14.8. The number of carbonyl (C=O) groups excluding carboxylic acids is 1. The lowest BCUT2D eigenvalue weighted by atomic mass is 9.74. The van der Waals surface area contributed by atoms with Crippen molar-refractivity contribution >= 4 is 5.97 Å². The van der Waals surface area contributed by atoms with E-state index in [2.05, 4.69) is 39.5 Å². The first-order valence-corrected chi connectivity index (χ1v) is 8.67. The highest BCUT2D eigenvalue weighted by Gasteiger charge is 2.38. The molecule has 0 saturated heterocycles. The lowest BCUT2D eigenvalue weighted by molar-refractivity contribution is -0.247. The maximum Gasteiger partial charge on any atom is 0.348 e. The Balaban J connectivity index is 4.69. The first kappa shape index (κ1) is 20.4. The van der Waals surface area contributed by atoms with Crippen molar-refractivity contribution in [1.82, 2.24) is 0 Å². The molecule has 0 aliphatic heterocycles. The molecule has 0 aromatic rings. The van der Waals surface area contributed by atoms with E-state index in [1.54, 1.807) is 0 Å². The third-order valence-electron chi connectivity index (χ3n) is 4.37. The van der Waals surface area contributed by atoms with E-state index in [1.807, 2.05) is 0 Å². The highest BCUT2D eigenvalue weighted by Crippen LogP contribution is 2.38. The van der Waals surface area contributed by atoms with Crippen LogP contribution < -0.4 is 0 Å². The number of rotatable bonds is 11. The Morgan fingerprint density at radius 1 is 0.857 bits per heavy atom. The van der Waals surface area contributed by atoms with Gasteiger partial charge in [0.05, 0.1) is 5.41 Å². The van der Waals surface area contributed by atoms with Crippen LogP contribution in [0.2, 0.25) is 0 Å². The van der Waals surface area contributed by atoms with Gasteiger partial charge >= 0.3 is 5.97 Å². The maximum atomic E-state index is 12.2. The lowest BCUT2D eigenvalue weighted by Crippen LogP contribution is -2.33. The molecule has 0 fully saturated rings. The van der Waals surface area contributed by atoms with E-state index in [0.29, 0.717) is 5.41 Å². The molecule has 0 aromatic carbocycles. The second-order valence-electron chi connectivity index (χ2n) is 7.63. The van der Waals surface area contributed by atoms with Gasteiger partial charge < -0.3 is 4.89 Å². The Morgan fingerprint density at radius 3 is 1.67 bits per heavy atom. The Morgan fingerprint density at radius 2 is 1.29 bits per heavy atom. The summed E-state index contributed by atoms with van der Waals surface area (Å²) in [5, 5.41) is 8.91. The van der Waals surface area contributed by atoms with Crippen LogP contribution in [0.15, 0.2) is 0 Å². The second-order valence-corrected chi connectivity index (χ2v) is 7.63. The summed E-state index contributed by atoms with van der Waals surface area (Å²) >= 11 is 0. The molecule has 0 aliphatic rings. The summed E-state index contributed by atoms with van der Waals surface area (Å²) in [6, 6.07) is 0. The van der Waals surface area contributed by atoms with Gasteiger partial charge in [0.1, 0.15) is 0 Å². The van der Waals surface area contributed by atoms with Crippen LogP contribution in [-0.4, -0.2) is 11.2 Å². The van der Waals surface area contributed by atoms with Crippen LogP contribution in [0, 0.1) is 10.8 Å². The second kappa shape index (κ2) is 10.2. The zero-order chi connectivity index (χ0) is 16.4. The monoisotopic (exact) mass is 300 g/mol. The van der Waals surface area contributed by atoms with E-state index in [1.165, 1.54) is 6.42 Å². The molecule has 0 bridgehead atoms. The van der Waals surface area contributed by atoms with Gasteiger partial charge in [0, 0.05) is 0 Å². The predicted molar refractivity (Wildman–Crippen MR) is 88.1 cm³/mol. The van der Waals surface area contributed by atoms with Gasteiger partial charge in [0.2, 0.25) is 0 Å². The van der Waals surface area contributed by atoms with Crippen molar-refractivity contribution in [2.75, 3.05) is 0 Å². The van der Waals surface area contributed by atoms with Crippen LogP contribution >= 0.6 is 0 Å². The van der Waals surface area contributed by atoms with Crippen molar-refractivity contribution in [3.05, 3.63) is 0 Å². The lowest BCUT2D eigenvalue weighted by Gasteiger charge is -2.30. The van der Waals surface area contributed by atoms with E-state index >= 15 is 0 Å². The van der Waals surface area contributed by atoms with Gasteiger partial charge in [-0.05, 0) is 31.1 Å². The first-order chi connectivity index (χ1) is 9.81. The minimum absolute atomic E-state index is 0.340. The summed E-state index contributed by atoms with van der Waals surface area (Å²) in [5.74, 6) is -0.417. The molecule has 0 saturated carbocycles. The van der Waals surface area contributed by atoms with Gasteiger partial charge in [-0.25, -0.2) is 4.79 Å². The molecule has 0 aromatic heterocycles. The van der Waals surface area contributed by atoms with Gasteiger partial charge in [0.25, 0.3) is 0 Å². The molecule has 0 amide bonds. The van der Waals surface area contributed by atoms with Crippen LogP contribution in [0.4, 0.5) is 0 Å². The Bertz CT molecular complexity index is 271. The van der Waals surface area contributed by atoms with Crippen LogP contribution in [-0.2, 0) is 9.68 Å². The third-order valence-corrected chi connectivity index (χ3v) is 4.37. The van der Waals surface area contributed by atoms with Crippen molar-refractivity contribution < 1.29 is 14.9 Å². The smallest absolute Gasteiger partial charge is 0.300 e. The van der Waals surface area contributed by atoms with Gasteiger partial charge in [0.15, 0.2) is 0 Å². The average molecular weight is 300 g/mol. The molecule has 3 nitrogen and oxygen atoms in total. The molecular weight excluding hydrogens is 264 g/mol. The Hall–Kier alpha value is -0.570. The van der Waals surface area contributed by atoms with Crippen molar-refractivity contribution in [2.24, 2.45) is 10.8 Å². The van der Waals surface area contributed by atoms with Crippen LogP contribution in [0.25, 0.3) is 0 Å². The van der Waals surface area contributed by atoms with E-state index in [-0.39, 0.29) is 0 Å². The molecule has 21 heavy (non-hydrogen) atoms. The van der Waals surface area contributed by atoms with Gasteiger partial charge in [-0.15, -0.1) is 0 Å². The Kier molecular flexibility index (Phi) is 9.93. The molecule has 0 radical (unpaired) electrons. The third kappa shape index (κ3) is 8.45. The molecule has 1 N–H and O–H groups in total. The van der Waals surface area contributed by atoms with E-state index in [0.717, 1.165) is 57.8 Å². The minimum atomic E-state index is -0.474. The highest BCUT2D eigenvalue weighted by atomic mass is 17.1. The topological polar surface area (TPSA) is 46.5 Å². The van der Waals surface area contributed by atoms with Gasteiger partial charge in [-0.1, -0.05) is 73.1 Å². The largest absolute Gasteiger partial charge is 0.348 e. The van der Waals surface area contributed by atoms with Gasteiger partial charge in [-0.2, -0.15) is 5.26 Å². The van der Waals surface area contributed by atoms with Crippen molar-refractivity contribution in [3.63, 3.8) is 0 Å². The number of hydrogen-bond acceptors (Lipinski definition) is 3. The molecule has 0 unspecified atom stereocenters. The molecule has 126 valence electrons. The fourth-order valence-electron chi connectivity index (χ4n) is 2.93. The fourth-order valence-corrected chi connectivity index (χ4v) is 2.93. The molecule has 0 aliphatic carbocycles. The summed E-state index contributed by atoms with van der Waals surface area (Å²) in [5.41, 5.74) is -0.133. The molecule has 0 heterocycles. The fraction of sp³-hybridized carbons (Fsp3) is 0.944. The summed E-state index contributed by atoms with van der Waals surface area (Å²) < 4.78 is 0. The summed E-state index contributed by atoms with van der Waals surface area (Å²) in [7, 11) is 0. The zero-order valence-electron chi connectivity index (χ0n) is 14.8. The number of hydrogen-bond donors (Lipinski definition) is 1. The molecule has 3 heteroatoms. The quantitative estimate of drug-likeness (QED) is 0.290. The normalized spacial score (nSPS) is 12.5. The minimum Gasteiger partial charge on any atom is -0.300 e. The van der Waals surface area contributed by atoms with E-state index < -0.39 is 11.4 Å². The van der Waals surface area contributed by atoms with Crippen molar-refractivity contribution in [1.29, 1.82) is 0 Å². The molecule has 0 spiro atoms.